The number of allylic oxidation sites excluding steroid dienone is 2. The van der Waals surface area contributed by atoms with Crippen LogP contribution < -0.4 is 0 Å². The number of hydrogen-bond donors (Lipinski definition) is 1. The normalized spacial score (nSPS) is 14.5. The van der Waals surface area contributed by atoms with Crippen LogP contribution in [0.5, 0.6) is 0 Å². The molecule has 2 heteroatoms. The maximum atomic E-state index is 8.95. The summed E-state index contributed by atoms with van der Waals surface area (Å²) >= 11 is 0. The van der Waals surface area contributed by atoms with E-state index in [1.165, 1.54) is 50.5 Å². The lowest BCUT2D eigenvalue weighted by molar-refractivity contribution is -0.0274. The van der Waals surface area contributed by atoms with Crippen molar-refractivity contribution in [3.05, 3.63) is 11.6 Å². The van der Waals surface area contributed by atoms with Crippen LogP contribution in [0.1, 0.15) is 99.3 Å². The molecule has 0 aromatic rings. The summed E-state index contributed by atoms with van der Waals surface area (Å²) in [6.45, 7) is 14.6. The fourth-order valence-electron chi connectivity index (χ4n) is 3.06. The maximum absolute atomic E-state index is 8.95. The molecule has 24 heavy (non-hydrogen) atoms. The SMILES string of the molecule is CC(C)=CCC[C@H](C)CCCCOC(C)(C)CCC[C@H](C)CCO. The van der Waals surface area contributed by atoms with Gasteiger partial charge < -0.3 is 9.84 Å². The van der Waals surface area contributed by atoms with Crippen LogP contribution in [0, 0.1) is 11.8 Å². The first-order valence-corrected chi connectivity index (χ1v) is 10.1. The molecular weight excluding hydrogens is 296 g/mol. The fourth-order valence-corrected chi connectivity index (χ4v) is 3.06. The van der Waals surface area contributed by atoms with Gasteiger partial charge in [0.15, 0.2) is 0 Å². The highest BCUT2D eigenvalue weighted by molar-refractivity contribution is 4.92. The second kappa shape index (κ2) is 13.9. The number of rotatable bonds is 15. The maximum Gasteiger partial charge on any atom is 0.0626 e. The third-order valence-corrected chi connectivity index (χ3v) is 4.89. The minimum Gasteiger partial charge on any atom is -0.396 e. The van der Waals surface area contributed by atoms with E-state index in [0.717, 1.165) is 25.4 Å². The standard InChI is InChI=1S/C22H44O2/c1-19(2)11-9-13-20(3)12-7-8-18-24-22(5,6)16-10-14-21(4)15-17-23/h11,20-21,23H,7-10,12-18H2,1-6H3/t20-,21+/m1/s1. The van der Waals surface area contributed by atoms with Crippen LogP contribution in [-0.2, 0) is 4.74 Å². The van der Waals surface area contributed by atoms with Gasteiger partial charge in [-0.05, 0) is 71.6 Å². The molecule has 2 atom stereocenters. The molecule has 1 N–H and O–H groups in total. The summed E-state index contributed by atoms with van der Waals surface area (Å²) in [5.74, 6) is 1.44. The Bertz CT molecular complexity index is 316. The van der Waals surface area contributed by atoms with Crippen LogP contribution in [0.25, 0.3) is 0 Å². The van der Waals surface area contributed by atoms with Crippen molar-refractivity contribution in [2.24, 2.45) is 11.8 Å². The molecule has 0 fully saturated rings. The largest absolute Gasteiger partial charge is 0.396 e. The molecule has 0 aromatic heterocycles. The number of hydrogen-bond acceptors (Lipinski definition) is 2. The van der Waals surface area contributed by atoms with E-state index in [2.05, 4.69) is 47.6 Å². The van der Waals surface area contributed by atoms with Crippen molar-refractivity contribution in [3.8, 4) is 0 Å². The molecule has 0 spiro atoms. The smallest absolute Gasteiger partial charge is 0.0626 e. The van der Waals surface area contributed by atoms with E-state index in [9.17, 15) is 0 Å². The molecule has 0 bridgehead atoms. The van der Waals surface area contributed by atoms with Crippen LogP contribution in [0.2, 0.25) is 0 Å². The van der Waals surface area contributed by atoms with Crippen molar-refractivity contribution in [2.45, 2.75) is 105 Å². The quantitative estimate of drug-likeness (QED) is 0.271. The minimum absolute atomic E-state index is 0.00595. The van der Waals surface area contributed by atoms with Crippen molar-refractivity contribution < 1.29 is 9.84 Å². The first-order chi connectivity index (χ1) is 11.3. The number of ether oxygens (including phenoxy) is 1. The Morgan fingerprint density at radius 3 is 2.21 bits per heavy atom. The second-order valence-electron chi connectivity index (χ2n) is 8.58. The van der Waals surface area contributed by atoms with Crippen molar-refractivity contribution in [1.29, 1.82) is 0 Å². The zero-order valence-corrected chi connectivity index (χ0v) is 17.4. The van der Waals surface area contributed by atoms with Gasteiger partial charge in [-0.1, -0.05) is 51.2 Å². The fraction of sp³-hybridized carbons (Fsp3) is 0.909. The molecule has 0 unspecified atom stereocenters. The van der Waals surface area contributed by atoms with Crippen LogP contribution in [0.3, 0.4) is 0 Å². The van der Waals surface area contributed by atoms with E-state index in [4.69, 9.17) is 9.84 Å². The minimum atomic E-state index is -0.00595. The van der Waals surface area contributed by atoms with Crippen molar-refractivity contribution in [2.75, 3.05) is 13.2 Å². The Kier molecular flexibility index (Phi) is 13.7. The van der Waals surface area contributed by atoms with Gasteiger partial charge in [0.2, 0.25) is 0 Å². The van der Waals surface area contributed by atoms with E-state index >= 15 is 0 Å². The molecule has 0 aliphatic carbocycles. The second-order valence-corrected chi connectivity index (χ2v) is 8.58. The molecule has 0 rings (SSSR count). The van der Waals surface area contributed by atoms with Crippen molar-refractivity contribution in [1.82, 2.24) is 0 Å². The van der Waals surface area contributed by atoms with E-state index < -0.39 is 0 Å². The molecule has 2 nitrogen and oxygen atoms in total. The summed E-state index contributed by atoms with van der Waals surface area (Å²) < 4.78 is 6.11. The van der Waals surface area contributed by atoms with Crippen LogP contribution in [0.4, 0.5) is 0 Å². The molecule has 0 aromatic carbocycles. The zero-order chi connectivity index (χ0) is 18.4. The average molecular weight is 341 g/mol. The van der Waals surface area contributed by atoms with Gasteiger partial charge in [0, 0.05) is 13.2 Å². The topological polar surface area (TPSA) is 29.5 Å². The highest BCUT2D eigenvalue weighted by Gasteiger charge is 2.18. The van der Waals surface area contributed by atoms with Crippen molar-refractivity contribution >= 4 is 0 Å². The number of aliphatic hydroxyl groups excluding tert-OH is 1. The van der Waals surface area contributed by atoms with Gasteiger partial charge in [0.1, 0.15) is 0 Å². The third-order valence-electron chi connectivity index (χ3n) is 4.89. The molecule has 0 amide bonds. The monoisotopic (exact) mass is 340 g/mol. The molecule has 0 heterocycles. The molecule has 0 aliphatic heterocycles. The van der Waals surface area contributed by atoms with Crippen molar-refractivity contribution in [3.63, 3.8) is 0 Å². The highest BCUT2D eigenvalue weighted by atomic mass is 16.5. The average Bonchev–Trinajstić information content (AvgIpc) is 2.46. The van der Waals surface area contributed by atoms with Gasteiger partial charge >= 0.3 is 0 Å². The molecule has 0 saturated carbocycles. The van der Waals surface area contributed by atoms with Crippen LogP contribution >= 0.6 is 0 Å². The molecule has 0 radical (unpaired) electrons. The predicted octanol–water partition coefficient (Wildman–Crippen LogP) is 6.52. The first-order valence-electron chi connectivity index (χ1n) is 10.1. The Morgan fingerprint density at radius 2 is 1.58 bits per heavy atom. The molecule has 144 valence electrons. The number of unbranched alkanes of at least 4 members (excludes halogenated alkanes) is 1. The summed E-state index contributed by atoms with van der Waals surface area (Å²) in [5.41, 5.74) is 1.43. The highest BCUT2D eigenvalue weighted by Crippen LogP contribution is 2.22. The number of aliphatic hydroxyl groups is 1. The Hall–Kier alpha value is -0.340. The Labute approximate surface area is 152 Å². The summed E-state index contributed by atoms with van der Waals surface area (Å²) in [5, 5.41) is 8.95. The summed E-state index contributed by atoms with van der Waals surface area (Å²) in [6.07, 6.45) is 13.1. The van der Waals surface area contributed by atoms with E-state index in [1.807, 2.05) is 0 Å². The van der Waals surface area contributed by atoms with Gasteiger partial charge in [-0.15, -0.1) is 0 Å². The summed E-state index contributed by atoms with van der Waals surface area (Å²) in [4.78, 5) is 0. The van der Waals surface area contributed by atoms with E-state index in [1.54, 1.807) is 0 Å². The van der Waals surface area contributed by atoms with Gasteiger partial charge in [-0.3, -0.25) is 0 Å². The van der Waals surface area contributed by atoms with Gasteiger partial charge in [0.25, 0.3) is 0 Å². The zero-order valence-electron chi connectivity index (χ0n) is 17.4. The van der Waals surface area contributed by atoms with Gasteiger partial charge in [0.05, 0.1) is 5.60 Å². The van der Waals surface area contributed by atoms with Crippen LogP contribution in [-0.4, -0.2) is 23.9 Å². The summed E-state index contributed by atoms with van der Waals surface area (Å²) in [7, 11) is 0. The van der Waals surface area contributed by atoms with E-state index in [-0.39, 0.29) is 5.60 Å². The van der Waals surface area contributed by atoms with Gasteiger partial charge in [-0.2, -0.15) is 0 Å². The Balaban J connectivity index is 3.65. The molecular formula is C22H44O2. The van der Waals surface area contributed by atoms with E-state index in [0.29, 0.717) is 12.5 Å². The first kappa shape index (κ1) is 23.7. The van der Waals surface area contributed by atoms with Gasteiger partial charge in [-0.25, -0.2) is 0 Å². The Morgan fingerprint density at radius 1 is 0.958 bits per heavy atom. The lowest BCUT2D eigenvalue weighted by atomic mass is 9.95. The van der Waals surface area contributed by atoms with Crippen LogP contribution in [0.15, 0.2) is 11.6 Å². The lowest BCUT2D eigenvalue weighted by Gasteiger charge is -2.26. The molecule has 0 saturated heterocycles. The summed E-state index contributed by atoms with van der Waals surface area (Å²) in [6, 6.07) is 0. The lowest BCUT2D eigenvalue weighted by Crippen LogP contribution is -2.25. The predicted molar refractivity (Wildman–Crippen MR) is 106 cm³/mol. The third kappa shape index (κ3) is 15.2. The molecule has 0 aliphatic rings.